The number of rotatable bonds is 6. The van der Waals surface area contributed by atoms with Gasteiger partial charge in [0.05, 0.1) is 5.71 Å². The first-order valence-electron chi connectivity index (χ1n) is 5.46. The van der Waals surface area contributed by atoms with Gasteiger partial charge in [0.25, 0.3) is 0 Å². The molecule has 1 atom stereocenters. The van der Waals surface area contributed by atoms with Crippen LogP contribution in [0.3, 0.4) is 0 Å². The Morgan fingerprint density at radius 2 is 2.29 bits per heavy atom. The fraction of sp³-hybridized carbons (Fsp3) is 0.818. The maximum Gasteiger partial charge on any atom is 0.190 e. The van der Waals surface area contributed by atoms with Crippen molar-refractivity contribution in [3.63, 3.8) is 0 Å². The Kier molecular flexibility index (Phi) is 4.63. The molecule has 0 aromatic rings. The lowest BCUT2D eigenvalue weighted by molar-refractivity contribution is -0.129. The summed E-state index contributed by atoms with van der Waals surface area (Å²) < 4.78 is 0. The minimum Gasteiger partial charge on any atom is -0.384 e. The van der Waals surface area contributed by atoms with Crippen molar-refractivity contribution in [2.45, 2.75) is 58.5 Å². The Hall–Kier alpha value is -0.860. The summed E-state index contributed by atoms with van der Waals surface area (Å²) in [4.78, 5) is 16.6. The van der Waals surface area contributed by atoms with Crippen LogP contribution in [0.4, 0.5) is 0 Å². The second kappa shape index (κ2) is 5.78. The van der Waals surface area contributed by atoms with Crippen LogP contribution in [0.5, 0.6) is 0 Å². The first-order chi connectivity index (χ1) is 6.74. The molecule has 1 unspecified atom stereocenters. The second-order valence-electron chi connectivity index (χ2n) is 3.90. The molecule has 1 aliphatic rings. The Labute approximate surface area is 85.5 Å². The van der Waals surface area contributed by atoms with Gasteiger partial charge in [-0.25, -0.2) is 0 Å². The molecule has 1 rings (SSSR count). The van der Waals surface area contributed by atoms with Crippen LogP contribution in [0.25, 0.3) is 0 Å². The van der Waals surface area contributed by atoms with Gasteiger partial charge in [0.1, 0.15) is 0 Å². The minimum atomic E-state index is -0.281. The van der Waals surface area contributed by atoms with Crippen molar-refractivity contribution in [3.8, 4) is 0 Å². The number of nitrogens with zero attached hydrogens (tertiary/aromatic N) is 1. The summed E-state index contributed by atoms with van der Waals surface area (Å²) >= 11 is 0. The zero-order valence-electron chi connectivity index (χ0n) is 9.08. The highest BCUT2D eigenvalue weighted by Crippen LogP contribution is 2.14. The monoisotopic (exact) mass is 197 g/mol. The molecule has 80 valence electrons. The van der Waals surface area contributed by atoms with Crippen molar-refractivity contribution in [2.24, 2.45) is 5.16 Å². The maximum atomic E-state index is 11.6. The minimum absolute atomic E-state index is 0.210. The molecule has 3 nitrogen and oxygen atoms in total. The molecule has 14 heavy (non-hydrogen) atoms. The molecule has 0 aromatic heterocycles. The molecule has 0 amide bonds. The average molecular weight is 197 g/mol. The van der Waals surface area contributed by atoms with Crippen molar-refractivity contribution in [3.05, 3.63) is 0 Å². The summed E-state index contributed by atoms with van der Waals surface area (Å²) in [5.74, 6) is 0.210. The first-order valence-corrected chi connectivity index (χ1v) is 5.46. The van der Waals surface area contributed by atoms with Gasteiger partial charge >= 0.3 is 0 Å². The van der Waals surface area contributed by atoms with Crippen molar-refractivity contribution in [2.75, 3.05) is 0 Å². The summed E-state index contributed by atoms with van der Waals surface area (Å²) in [6, 6.07) is 0. The molecule has 0 radical (unpaired) electrons. The van der Waals surface area contributed by atoms with Gasteiger partial charge in [-0.2, -0.15) is 0 Å². The first kappa shape index (κ1) is 11.2. The highest BCUT2D eigenvalue weighted by atomic mass is 16.6. The molecular weight excluding hydrogens is 178 g/mol. The molecule has 0 aliphatic carbocycles. The molecule has 0 N–H and O–H groups in total. The fourth-order valence-corrected chi connectivity index (χ4v) is 1.56. The number of Topliss-reactive ketones (excluding diaryl/α,β-unsaturated/α-hetero) is 1. The van der Waals surface area contributed by atoms with E-state index in [0.29, 0.717) is 12.8 Å². The van der Waals surface area contributed by atoms with Crippen molar-refractivity contribution >= 4 is 11.5 Å². The van der Waals surface area contributed by atoms with Crippen LogP contribution in [-0.2, 0) is 9.63 Å². The predicted molar refractivity (Wildman–Crippen MR) is 56.4 cm³/mol. The molecule has 0 bridgehead atoms. The summed E-state index contributed by atoms with van der Waals surface area (Å²) in [7, 11) is 0. The topological polar surface area (TPSA) is 38.7 Å². The summed E-state index contributed by atoms with van der Waals surface area (Å²) in [6.45, 7) is 4.06. The molecule has 0 saturated carbocycles. The number of unbranched alkanes of at least 4 members (excludes halogenated alkanes) is 3. The van der Waals surface area contributed by atoms with E-state index in [0.717, 1.165) is 18.6 Å². The molecule has 1 aliphatic heterocycles. The molecule has 0 fully saturated rings. The smallest absolute Gasteiger partial charge is 0.190 e. The lowest BCUT2D eigenvalue weighted by atomic mass is 10.0. The normalized spacial score (nSPS) is 20.4. The Morgan fingerprint density at radius 3 is 2.86 bits per heavy atom. The fourth-order valence-electron chi connectivity index (χ4n) is 1.56. The lowest BCUT2D eigenvalue weighted by Gasteiger charge is -2.06. The molecule has 1 heterocycles. The van der Waals surface area contributed by atoms with Crippen molar-refractivity contribution < 1.29 is 9.63 Å². The van der Waals surface area contributed by atoms with Crippen LogP contribution < -0.4 is 0 Å². The third kappa shape index (κ3) is 3.48. The van der Waals surface area contributed by atoms with Crippen molar-refractivity contribution in [1.29, 1.82) is 0 Å². The zero-order chi connectivity index (χ0) is 10.4. The molecule has 0 spiro atoms. The zero-order valence-corrected chi connectivity index (χ0v) is 9.08. The van der Waals surface area contributed by atoms with E-state index in [2.05, 4.69) is 12.1 Å². The van der Waals surface area contributed by atoms with E-state index >= 15 is 0 Å². The third-order valence-electron chi connectivity index (χ3n) is 2.45. The molecule has 0 aromatic carbocycles. The SMILES string of the molecule is CCCCCCC(=O)C1CC(C)=NO1. The molecule has 3 heteroatoms. The lowest BCUT2D eigenvalue weighted by Crippen LogP contribution is -2.20. The summed E-state index contributed by atoms with van der Waals surface area (Å²) in [6.07, 6.45) is 5.61. The largest absolute Gasteiger partial charge is 0.384 e. The predicted octanol–water partition coefficient (Wildman–Crippen LogP) is 2.69. The van der Waals surface area contributed by atoms with Gasteiger partial charge in [-0.15, -0.1) is 0 Å². The average Bonchev–Trinajstić information content (AvgIpc) is 2.59. The van der Waals surface area contributed by atoms with Crippen LogP contribution in [0.15, 0.2) is 5.16 Å². The van der Waals surface area contributed by atoms with Crippen LogP contribution in [0.2, 0.25) is 0 Å². The van der Waals surface area contributed by atoms with Gasteiger partial charge in [0, 0.05) is 12.8 Å². The van der Waals surface area contributed by atoms with E-state index in [-0.39, 0.29) is 11.9 Å². The van der Waals surface area contributed by atoms with Gasteiger partial charge in [0.2, 0.25) is 0 Å². The highest BCUT2D eigenvalue weighted by molar-refractivity contribution is 5.92. The van der Waals surface area contributed by atoms with E-state index in [9.17, 15) is 4.79 Å². The van der Waals surface area contributed by atoms with Crippen LogP contribution in [0, 0.1) is 0 Å². The van der Waals surface area contributed by atoms with Crippen LogP contribution in [0.1, 0.15) is 52.4 Å². The van der Waals surface area contributed by atoms with E-state index < -0.39 is 0 Å². The Balaban J connectivity index is 2.11. The third-order valence-corrected chi connectivity index (χ3v) is 2.45. The van der Waals surface area contributed by atoms with E-state index in [1.54, 1.807) is 0 Å². The van der Waals surface area contributed by atoms with Gasteiger partial charge in [-0.1, -0.05) is 31.3 Å². The summed E-state index contributed by atoms with van der Waals surface area (Å²) in [5.41, 5.74) is 0.928. The molecule has 0 saturated heterocycles. The summed E-state index contributed by atoms with van der Waals surface area (Å²) in [5, 5.41) is 3.78. The highest BCUT2D eigenvalue weighted by Gasteiger charge is 2.24. The number of carbonyl (C=O) groups is 1. The number of hydrogen-bond acceptors (Lipinski definition) is 3. The quantitative estimate of drug-likeness (QED) is 0.614. The van der Waals surface area contributed by atoms with Gasteiger partial charge in [0.15, 0.2) is 11.9 Å². The van der Waals surface area contributed by atoms with Gasteiger partial charge in [-0.3, -0.25) is 4.79 Å². The van der Waals surface area contributed by atoms with E-state index in [4.69, 9.17) is 4.84 Å². The Morgan fingerprint density at radius 1 is 1.50 bits per heavy atom. The maximum absolute atomic E-state index is 11.6. The van der Waals surface area contributed by atoms with Crippen LogP contribution in [-0.4, -0.2) is 17.6 Å². The number of oxime groups is 1. The number of ketones is 1. The standard InChI is InChI=1S/C11H19NO2/c1-3-4-5-6-7-10(13)11-8-9(2)12-14-11/h11H,3-8H2,1-2H3. The second-order valence-corrected chi connectivity index (χ2v) is 3.90. The van der Waals surface area contributed by atoms with Gasteiger partial charge in [-0.05, 0) is 13.3 Å². The van der Waals surface area contributed by atoms with E-state index in [1.165, 1.54) is 12.8 Å². The number of hydrogen-bond donors (Lipinski definition) is 0. The van der Waals surface area contributed by atoms with E-state index in [1.807, 2.05) is 6.92 Å². The number of carbonyl (C=O) groups excluding carboxylic acids is 1. The Bertz CT molecular complexity index is 223. The van der Waals surface area contributed by atoms with Crippen molar-refractivity contribution in [1.82, 2.24) is 0 Å². The molecular formula is C11H19NO2. The van der Waals surface area contributed by atoms with Gasteiger partial charge < -0.3 is 4.84 Å². The van der Waals surface area contributed by atoms with Crippen LogP contribution >= 0.6 is 0 Å².